The highest BCUT2D eigenvalue weighted by Crippen LogP contribution is 2.47. The first-order valence-corrected chi connectivity index (χ1v) is 7.24. The van der Waals surface area contributed by atoms with Gasteiger partial charge in [-0.25, -0.2) is 0 Å². The Bertz CT molecular complexity index is 241. The Morgan fingerprint density at radius 3 is 2.38 bits per heavy atom. The first-order chi connectivity index (χ1) is 6.18. The van der Waals surface area contributed by atoms with Crippen LogP contribution in [0.5, 0.6) is 5.75 Å². The highest BCUT2D eigenvalue weighted by molar-refractivity contribution is 9.38. The molecule has 0 aliphatic rings. The van der Waals surface area contributed by atoms with E-state index in [1.807, 2.05) is 44.2 Å². The lowest BCUT2D eigenvalue weighted by atomic mass is 10.3. The summed E-state index contributed by atoms with van der Waals surface area (Å²) in [4.78, 5) is 0. The van der Waals surface area contributed by atoms with Crippen molar-refractivity contribution in [2.24, 2.45) is 0 Å². The van der Waals surface area contributed by atoms with Crippen LogP contribution in [0.15, 0.2) is 30.3 Å². The fourth-order valence-electron chi connectivity index (χ4n) is 0.751. The Kier molecular flexibility index (Phi) is 4.71. The van der Waals surface area contributed by atoms with E-state index in [0.29, 0.717) is 0 Å². The second-order valence-corrected chi connectivity index (χ2v) is 5.33. The van der Waals surface area contributed by atoms with Crippen LogP contribution in [0, 0.1) is 0 Å². The third-order valence-corrected chi connectivity index (χ3v) is 3.09. The van der Waals surface area contributed by atoms with Crippen molar-refractivity contribution in [2.45, 2.75) is 20.0 Å². The van der Waals surface area contributed by atoms with E-state index in [4.69, 9.17) is 9.05 Å². The molecule has 1 aromatic rings. The molecule has 0 aliphatic heterocycles. The van der Waals surface area contributed by atoms with Crippen LogP contribution in [0.2, 0.25) is 0 Å². The number of benzene rings is 1. The van der Waals surface area contributed by atoms with Crippen molar-refractivity contribution < 1.29 is 9.05 Å². The molecule has 72 valence electrons. The molecular weight excluding hydrogens is 251 g/mol. The minimum absolute atomic E-state index is 0.175. The van der Waals surface area contributed by atoms with Gasteiger partial charge in [-0.1, -0.05) is 18.2 Å². The van der Waals surface area contributed by atoms with E-state index in [1.54, 1.807) is 0 Å². The van der Waals surface area contributed by atoms with Gasteiger partial charge in [-0.2, -0.15) is 0 Å². The Hall–Kier alpha value is -0.110. The molecule has 0 spiro atoms. The number of hydrogen-bond donors (Lipinski definition) is 0. The van der Waals surface area contributed by atoms with Gasteiger partial charge in [0.25, 0.3) is 0 Å². The summed E-state index contributed by atoms with van der Waals surface area (Å²) in [5, 5.41) is 0. The average molecular weight is 263 g/mol. The zero-order valence-corrected chi connectivity index (χ0v) is 10.1. The molecule has 0 aromatic heterocycles. The molecule has 0 bridgehead atoms. The molecule has 0 N–H and O–H groups in total. The maximum Gasteiger partial charge on any atom is 0.307 e. The van der Waals surface area contributed by atoms with Gasteiger partial charge in [-0.3, -0.25) is 0 Å². The van der Waals surface area contributed by atoms with Crippen LogP contribution < -0.4 is 4.52 Å². The van der Waals surface area contributed by atoms with Crippen LogP contribution in [0.4, 0.5) is 0 Å². The molecule has 0 saturated carbocycles. The molecule has 0 radical (unpaired) electrons. The summed E-state index contributed by atoms with van der Waals surface area (Å²) < 4.78 is 10.9. The topological polar surface area (TPSA) is 18.5 Å². The standard InChI is InChI=1S/C9H12BrO2P/c1-8(2)11-13(10)12-9-6-4-3-5-7-9/h3-8H,1-2H3. The van der Waals surface area contributed by atoms with Crippen molar-refractivity contribution in [2.75, 3.05) is 0 Å². The van der Waals surface area contributed by atoms with E-state index in [9.17, 15) is 0 Å². The Morgan fingerprint density at radius 1 is 1.23 bits per heavy atom. The van der Waals surface area contributed by atoms with Crippen molar-refractivity contribution in [3.63, 3.8) is 0 Å². The quantitative estimate of drug-likeness (QED) is 0.761. The van der Waals surface area contributed by atoms with Crippen molar-refractivity contribution in [1.82, 2.24) is 0 Å². The number of halogens is 1. The molecule has 13 heavy (non-hydrogen) atoms. The van der Waals surface area contributed by atoms with Crippen LogP contribution in [0.1, 0.15) is 13.8 Å². The summed E-state index contributed by atoms with van der Waals surface area (Å²) in [7, 11) is -0.984. The fraction of sp³-hybridized carbons (Fsp3) is 0.333. The Balaban J connectivity index is 2.41. The second kappa shape index (κ2) is 5.58. The molecule has 1 rings (SSSR count). The van der Waals surface area contributed by atoms with E-state index in [-0.39, 0.29) is 6.10 Å². The first kappa shape index (κ1) is 11.0. The second-order valence-electron chi connectivity index (χ2n) is 2.77. The van der Waals surface area contributed by atoms with Gasteiger partial charge < -0.3 is 9.05 Å². The zero-order valence-electron chi connectivity index (χ0n) is 7.61. The molecule has 0 heterocycles. The Morgan fingerprint density at radius 2 is 1.85 bits per heavy atom. The zero-order chi connectivity index (χ0) is 9.68. The van der Waals surface area contributed by atoms with E-state index in [2.05, 4.69) is 15.5 Å². The largest absolute Gasteiger partial charge is 0.439 e. The maximum absolute atomic E-state index is 5.48. The minimum atomic E-state index is -0.984. The summed E-state index contributed by atoms with van der Waals surface area (Å²) in [5.74, 6) is 0.825. The third kappa shape index (κ3) is 4.61. The average Bonchev–Trinajstić information content (AvgIpc) is 2.04. The molecule has 0 amide bonds. The molecule has 0 saturated heterocycles. The highest BCUT2D eigenvalue weighted by atomic mass is 79.9. The third-order valence-electron chi connectivity index (χ3n) is 1.21. The van der Waals surface area contributed by atoms with E-state index >= 15 is 0 Å². The van der Waals surface area contributed by atoms with Gasteiger partial charge in [0.15, 0.2) is 0 Å². The summed E-state index contributed by atoms with van der Waals surface area (Å²) in [5.41, 5.74) is 0. The summed E-state index contributed by atoms with van der Waals surface area (Å²) in [6.45, 7) is 3.95. The number of para-hydroxylation sites is 1. The number of rotatable bonds is 4. The van der Waals surface area contributed by atoms with Gasteiger partial charge >= 0.3 is 7.08 Å². The summed E-state index contributed by atoms with van der Waals surface area (Å²) in [6, 6.07) is 9.62. The monoisotopic (exact) mass is 262 g/mol. The van der Waals surface area contributed by atoms with Gasteiger partial charge in [-0.05, 0) is 26.0 Å². The maximum atomic E-state index is 5.48. The van der Waals surface area contributed by atoms with Gasteiger partial charge in [-0.15, -0.1) is 0 Å². The SMILES string of the molecule is CC(C)OP(Br)Oc1ccccc1. The predicted molar refractivity (Wildman–Crippen MR) is 59.1 cm³/mol. The smallest absolute Gasteiger partial charge is 0.307 e. The van der Waals surface area contributed by atoms with Crippen molar-refractivity contribution >= 4 is 22.6 Å². The Labute approximate surface area is 87.9 Å². The molecular formula is C9H12BrO2P. The molecule has 1 unspecified atom stereocenters. The summed E-state index contributed by atoms with van der Waals surface area (Å²) >= 11 is 3.34. The normalized spacial score (nSPS) is 12.9. The van der Waals surface area contributed by atoms with E-state index in [1.165, 1.54) is 0 Å². The van der Waals surface area contributed by atoms with Gasteiger partial charge in [0.1, 0.15) is 5.75 Å². The molecule has 0 fully saturated rings. The van der Waals surface area contributed by atoms with E-state index in [0.717, 1.165) is 5.75 Å². The fourth-order valence-corrected chi connectivity index (χ4v) is 2.92. The minimum Gasteiger partial charge on any atom is -0.439 e. The molecule has 1 aromatic carbocycles. The summed E-state index contributed by atoms with van der Waals surface area (Å²) in [6.07, 6.45) is 0.175. The number of hydrogen-bond acceptors (Lipinski definition) is 2. The van der Waals surface area contributed by atoms with Gasteiger partial charge in [0, 0.05) is 15.5 Å². The predicted octanol–water partition coefficient (Wildman–Crippen LogP) is 4.11. The van der Waals surface area contributed by atoms with Crippen LogP contribution in [-0.2, 0) is 4.52 Å². The highest BCUT2D eigenvalue weighted by Gasteiger charge is 2.09. The van der Waals surface area contributed by atoms with E-state index < -0.39 is 7.08 Å². The van der Waals surface area contributed by atoms with Crippen LogP contribution in [0.25, 0.3) is 0 Å². The van der Waals surface area contributed by atoms with Gasteiger partial charge in [0.2, 0.25) is 0 Å². The molecule has 2 nitrogen and oxygen atoms in total. The van der Waals surface area contributed by atoms with Crippen molar-refractivity contribution in [1.29, 1.82) is 0 Å². The lowest BCUT2D eigenvalue weighted by Gasteiger charge is -2.13. The molecule has 1 atom stereocenters. The first-order valence-electron chi connectivity index (χ1n) is 4.04. The van der Waals surface area contributed by atoms with Crippen LogP contribution >= 0.6 is 22.6 Å². The lowest BCUT2D eigenvalue weighted by molar-refractivity contribution is 0.254. The van der Waals surface area contributed by atoms with Gasteiger partial charge in [0.05, 0.1) is 6.10 Å². The van der Waals surface area contributed by atoms with Crippen molar-refractivity contribution in [3.05, 3.63) is 30.3 Å². The van der Waals surface area contributed by atoms with Crippen molar-refractivity contribution in [3.8, 4) is 5.75 Å². The van der Waals surface area contributed by atoms with Crippen LogP contribution in [-0.4, -0.2) is 6.10 Å². The molecule has 0 aliphatic carbocycles. The van der Waals surface area contributed by atoms with Crippen LogP contribution in [0.3, 0.4) is 0 Å². The molecule has 4 heteroatoms. The lowest BCUT2D eigenvalue weighted by Crippen LogP contribution is -1.97.